The third-order valence-corrected chi connectivity index (χ3v) is 5.19. The lowest BCUT2D eigenvalue weighted by Gasteiger charge is -2.18. The molecule has 2 heterocycles. The molecule has 0 aliphatic rings. The summed E-state index contributed by atoms with van der Waals surface area (Å²) in [6.45, 7) is 7.17. The summed E-state index contributed by atoms with van der Waals surface area (Å²) >= 11 is 0. The number of aryl methyl sites for hydroxylation is 3. The van der Waals surface area contributed by atoms with Crippen LogP contribution in [0.5, 0.6) is 0 Å². The number of hydrogen-bond acceptors (Lipinski definition) is 4. The number of benzene rings is 2. The van der Waals surface area contributed by atoms with Crippen molar-refractivity contribution in [1.82, 2.24) is 15.0 Å². The highest BCUT2D eigenvalue weighted by Gasteiger charge is 2.16. The Hall–Kier alpha value is -3.41. The van der Waals surface area contributed by atoms with E-state index in [9.17, 15) is 8.78 Å². The highest BCUT2D eigenvalue weighted by atomic mass is 19.1. The molecular formula is C24H22F2N4. The molecule has 2 aromatic heterocycles. The number of aromatic nitrogens is 3. The molecule has 0 bridgehead atoms. The van der Waals surface area contributed by atoms with Gasteiger partial charge in [-0.15, -0.1) is 0 Å². The molecule has 0 saturated carbocycles. The van der Waals surface area contributed by atoms with Gasteiger partial charge in [-0.05, 0) is 63.1 Å². The Morgan fingerprint density at radius 3 is 2.50 bits per heavy atom. The van der Waals surface area contributed by atoms with E-state index in [1.54, 1.807) is 51.2 Å². The zero-order chi connectivity index (χ0) is 21.4. The van der Waals surface area contributed by atoms with Crippen molar-refractivity contribution in [2.75, 3.05) is 5.32 Å². The second-order valence-corrected chi connectivity index (χ2v) is 7.51. The molecule has 0 fully saturated rings. The molecule has 1 atom stereocenters. The molecule has 0 saturated heterocycles. The highest BCUT2D eigenvalue weighted by molar-refractivity contribution is 5.91. The van der Waals surface area contributed by atoms with Crippen LogP contribution in [0.4, 0.5) is 14.6 Å². The SMILES string of the molecule is Cc1nc(N[C@H](C)c2cccc(C)c2F)c2cc(-c3ccc(F)c(C)c3)ncc2n1. The lowest BCUT2D eigenvalue weighted by Crippen LogP contribution is -2.12. The van der Waals surface area contributed by atoms with Crippen molar-refractivity contribution in [3.05, 3.63) is 82.8 Å². The average molecular weight is 404 g/mol. The van der Waals surface area contributed by atoms with Crippen LogP contribution in [0.15, 0.2) is 48.7 Å². The number of nitrogens with one attached hydrogen (secondary N) is 1. The van der Waals surface area contributed by atoms with E-state index in [2.05, 4.69) is 20.3 Å². The minimum Gasteiger partial charge on any atom is -0.363 e. The van der Waals surface area contributed by atoms with Gasteiger partial charge in [-0.3, -0.25) is 4.98 Å². The number of nitrogens with zero attached hydrogens (tertiary/aromatic N) is 3. The van der Waals surface area contributed by atoms with Gasteiger partial charge in [0.25, 0.3) is 0 Å². The van der Waals surface area contributed by atoms with Gasteiger partial charge in [0.15, 0.2) is 0 Å². The fourth-order valence-electron chi connectivity index (χ4n) is 3.51. The Morgan fingerprint density at radius 1 is 0.933 bits per heavy atom. The molecule has 0 amide bonds. The summed E-state index contributed by atoms with van der Waals surface area (Å²) in [7, 11) is 0. The molecule has 4 rings (SSSR count). The Morgan fingerprint density at radius 2 is 1.73 bits per heavy atom. The van der Waals surface area contributed by atoms with Crippen LogP contribution in [0.1, 0.15) is 35.5 Å². The van der Waals surface area contributed by atoms with Crippen molar-refractivity contribution in [2.24, 2.45) is 0 Å². The zero-order valence-electron chi connectivity index (χ0n) is 17.3. The van der Waals surface area contributed by atoms with Gasteiger partial charge < -0.3 is 5.32 Å². The maximum atomic E-state index is 14.6. The normalized spacial score (nSPS) is 12.2. The van der Waals surface area contributed by atoms with Crippen LogP contribution in [0, 0.1) is 32.4 Å². The maximum absolute atomic E-state index is 14.6. The molecule has 0 radical (unpaired) electrons. The van der Waals surface area contributed by atoms with Crippen molar-refractivity contribution in [1.29, 1.82) is 0 Å². The van der Waals surface area contributed by atoms with E-state index in [1.807, 2.05) is 19.1 Å². The van der Waals surface area contributed by atoms with Gasteiger partial charge in [0.1, 0.15) is 23.3 Å². The van der Waals surface area contributed by atoms with Crippen LogP contribution in [0.2, 0.25) is 0 Å². The largest absolute Gasteiger partial charge is 0.363 e. The molecule has 0 spiro atoms. The topological polar surface area (TPSA) is 50.7 Å². The predicted octanol–water partition coefficient (Wildman–Crippen LogP) is 6.07. The van der Waals surface area contributed by atoms with E-state index in [4.69, 9.17) is 0 Å². The first-order valence-corrected chi connectivity index (χ1v) is 9.76. The first-order valence-electron chi connectivity index (χ1n) is 9.76. The number of hydrogen-bond donors (Lipinski definition) is 1. The average Bonchev–Trinajstić information content (AvgIpc) is 2.71. The Balaban J connectivity index is 1.78. The summed E-state index contributed by atoms with van der Waals surface area (Å²) in [4.78, 5) is 13.5. The lowest BCUT2D eigenvalue weighted by atomic mass is 10.0. The van der Waals surface area contributed by atoms with E-state index in [-0.39, 0.29) is 17.7 Å². The zero-order valence-corrected chi connectivity index (χ0v) is 17.3. The number of pyridine rings is 1. The smallest absolute Gasteiger partial charge is 0.138 e. The number of fused-ring (bicyclic) bond motifs is 1. The first kappa shape index (κ1) is 19.9. The molecule has 6 heteroatoms. The summed E-state index contributed by atoms with van der Waals surface area (Å²) < 4.78 is 28.3. The van der Waals surface area contributed by atoms with E-state index < -0.39 is 0 Å². The van der Waals surface area contributed by atoms with Gasteiger partial charge in [-0.2, -0.15) is 0 Å². The monoisotopic (exact) mass is 404 g/mol. The van der Waals surface area contributed by atoms with Gasteiger partial charge in [0, 0.05) is 16.5 Å². The molecule has 2 aromatic carbocycles. The minimum atomic E-state index is -0.299. The van der Waals surface area contributed by atoms with Gasteiger partial charge in [0.05, 0.1) is 23.4 Å². The van der Waals surface area contributed by atoms with E-state index in [1.165, 1.54) is 6.07 Å². The van der Waals surface area contributed by atoms with Gasteiger partial charge >= 0.3 is 0 Å². The lowest BCUT2D eigenvalue weighted by molar-refractivity contribution is 0.591. The van der Waals surface area contributed by atoms with Crippen LogP contribution >= 0.6 is 0 Å². The Bertz CT molecular complexity index is 1250. The Labute approximate surface area is 174 Å². The maximum Gasteiger partial charge on any atom is 0.138 e. The van der Waals surface area contributed by atoms with Crippen LogP contribution < -0.4 is 5.32 Å². The van der Waals surface area contributed by atoms with E-state index in [0.29, 0.717) is 39.5 Å². The fourth-order valence-corrected chi connectivity index (χ4v) is 3.51. The molecule has 0 unspecified atom stereocenters. The molecular weight excluding hydrogens is 382 g/mol. The number of halogens is 2. The highest BCUT2D eigenvalue weighted by Crippen LogP contribution is 2.29. The number of rotatable bonds is 4. The van der Waals surface area contributed by atoms with Crippen molar-refractivity contribution < 1.29 is 8.78 Å². The molecule has 30 heavy (non-hydrogen) atoms. The third-order valence-electron chi connectivity index (χ3n) is 5.19. The first-order chi connectivity index (χ1) is 14.3. The molecule has 0 aliphatic carbocycles. The van der Waals surface area contributed by atoms with Gasteiger partial charge in [-0.25, -0.2) is 18.7 Å². The van der Waals surface area contributed by atoms with E-state index >= 15 is 0 Å². The van der Waals surface area contributed by atoms with Crippen molar-refractivity contribution in [3.63, 3.8) is 0 Å². The molecule has 152 valence electrons. The summed E-state index contributed by atoms with van der Waals surface area (Å²) in [5.41, 5.74) is 3.91. The molecule has 1 N–H and O–H groups in total. The van der Waals surface area contributed by atoms with Crippen molar-refractivity contribution in [3.8, 4) is 11.3 Å². The summed E-state index contributed by atoms with van der Waals surface area (Å²) in [5, 5.41) is 4.10. The summed E-state index contributed by atoms with van der Waals surface area (Å²) in [6, 6.07) is 11.8. The molecule has 0 aliphatic heterocycles. The van der Waals surface area contributed by atoms with Crippen LogP contribution in [0.3, 0.4) is 0 Å². The van der Waals surface area contributed by atoms with E-state index in [0.717, 1.165) is 10.9 Å². The standard InChI is InChI=1S/C24H22F2N4/c1-13-6-5-7-18(23(13)26)15(3)28-24-19-11-21(17-8-9-20(25)14(2)10-17)27-12-22(19)29-16(4)30-24/h5-12,15H,1-4H3,(H,28,29,30)/t15-/m1/s1. The van der Waals surface area contributed by atoms with Gasteiger partial charge in [0.2, 0.25) is 0 Å². The summed E-state index contributed by atoms with van der Waals surface area (Å²) in [5.74, 6) is 0.717. The number of anilines is 1. The fraction of sp³-hybridized carbons (Fsp3) is 0.208. The van der Waals surface area contributed by atoms with Crippen molar-refractivity contribution in [2.45, 2.75) is 33.7 Å². The third kappa shape index (κ3) is 3.73. The minimum absolute atomic E-state index is 0.225. The Kier molecular flexibility index (Phi) is 5.16. The van der Waals surface area contributed by atoms with Gasteiger partial charge in [-0.1, -0.05) is 18.2 Å². The summed E-state index contributed by atoms with van der Waals surface area (Å²) in [6.07, 6.45) is 1.68. The predicted molar refractivity (Wildman–Crippen MR) is 115 cm³/mol. The van der Waals surface area contributed by atoms with Crippen LogP contribution in [-0.2, 0) is 0 Å². The second kappa shape index (κ2) is 7.78. The quantitative estimate of drug-likeness (QED) is 0.449. The molecule has 4 aromatic rings. The molecule has 4 nitrogen and oxygen atoms in total. The van der Waals surface area contributed by atoms with Crippen LogP contribution in [-0.4, -0.2) is 15.0 Å². The van der Waals surface area contributed by atoms with Crippen molar-refractivity contribution >= 4 is 16.7 Å². The second-order valence-electron chi connectivity index (χ2n) is 7.51. The van der Waals surface area contributed by atoms with Crippen LogP contribution in [0.25, 0.3) is 22.2 Å².